The topological polar surface area (TPSA) is 86.4 Å². The molecule has 0 aliphatic rings. The molecule has 0 fully saturated rings. The highest BCUT2D eigenvalue weighted by molar-refractivity contribution is 6.07. The molecule has 7 nitrogen and oxygen atoms in total. The number of aromatic nitrogens is 3. The zero-order chi connectivity index (χ0) is 22.7. The second kappa shape index (κ2) is 8.93. The standard InChI is InChI=1S/C25H23N3O4/c1-17(25(30)31)32-19-10-5-8-18(16-19)9-6-14-28-15-7-13-22(28)23(29)24-26-20-11-3-4-12-21(20)27(24)2/h3-13,15-17H,14H2,1-2H3,(H,30,31)/b9-6+/t17-/m0/s1. The van der Waals surface area contributed by atoms with Crippen molar-refractivity contribution in [2.24, 2.45) is 7.05 Å². The Morgan fingerprint density at radius 1 is 1.12 bits per heavy atom. The van der Waals surface area contributed by atoms with E-state index in [0.717, 1.165) is 16.6 Å². The van der Waals surface area contributed by atoms with Crippen molar-refractivity contribution < 1.29 is 19.4 Å². The largest absolute Gasteiger partial charge is 0.479 e. The first-order chi connectivity index (χ1) is 15.4. The van der Waals surface area contributed by atoms with E-state index in [0.29, 0.717) is 23.8 Å². The van der Waals surface area contributed by atoms with Crippen LogP contribution in [0.5, 0.6) is 5.75 Å². The fourth-order valence-corrected chi connectivity index (χ4v) is 3.49. The highest BCUT2D eigenvalue weighted by Crippen LogP contribution is 2.19. The van der Waals surface area contributed by atoms with Crippen molar-refractivity contribution in [3.63, 3.8) is 0 Å². The summed E-state index contributed by atoms with van der Waals surface area (Å²) in [6, 6.07) is 18.5. The number of para-hydroxylation sites is 2. The van der Waals surface area contributed by atoms with E-state index in [1.54, 1.807) is 24.3 Å². The van der Waals surface area contributed by atoms with E-state index in [9.17, 15) is 9.59 Å². The van der Waals surface area contributed by atoms with Crippen LogP contribution in [0.1, 0.15) is 28.8 Å². The minimum Gasteiger partial charge on any atom is -0.479 e. The number of aliphatic carboxylic acids is 1. The van der Waals surface area contributed by atoms with Gasteiger partial charge in [0.25, 0.3) is 0 Å². The molecule has 0 aliphatic carbocycles. The molecule has 1 N–H and O–H groups in total. The number of aryl methyl sites for hydroxylation is 1. The van der Waals surface area contributed by atoms with Crippen molar-refractivity contribution in [2.45, 2.75) is 19.6 Å². The molecule has 7 heteroatoms. The SMILES string of the molecule is C[C@H](Oc1cccc(/C=C/Cn2cccc2C(=O)c2nc3ccccc3n2C)c1)C(=O)O. The van der Waals surface area contributed by atoms with E-state index < -0.39 is 12.1 Å². The zero-order valence-corrected chi connectivity index (χ0v) is 17.8. The summed E-state index contributed by atoms with van der Waals surface area (Å²) in [5, 5.41) is 9.00. The van der Waals surface area contributed by atoms with Crippen LogP contribution >= 0.6 is 0 Å². The summed E-state index contributed by atoms with van der Waals surface area (Å²) >= 11 is 0. The van der Waals surface area contributed by atoms with Crippen molar-refractivity contribution in [3.8, 4) is 5.75 Å². The molecule has 1 atom stereocenters. The lowest BCUT2D eigenvalue weighted by Crippen LogP contribution is -2.22. The number of hydrogen-bond donors (Lipinski definition) is 1. The van der Waals surface area contributed by atoms with Crippen LogP contribution in [0.3, 0.4) is 0 Å². The summed E-state index contributed by atoms with van der Waals surface area (Å²) in [6.45, 7) is 1.98. The molecule has 4 aromatic rings. The molecule has 0 aliphatic heterocycles. The van der Waals surface area contributed by atoms with E-state index in [4.69, 9.17) is 9.84 Å². The quantitative estimate of drug-likeness (QED) is 0.425. The number of carboxylic acid groups (broad SMARTS) is 1. The van der Waals surface area contributed by atoms with Crippen LogP contribution in [0.15, 0.2) is 72.9 Å². The Morgan fingerprint density at radius 2 is 1.94 bits per heavy atom. The summed E-state index contributed by atoms with van der Waals surface area (Å²) in [4.78, 5) is 28.6. The van der Waals surface area contributed by atoms with Gasteiger partial charge in [0.05, 0.1) is 16.7 Å². The van der Waals surface area contributed by atoms with Crippen LogP contribution in [-0.2, 0) is 18.4 Å². The van der Waals surface area contributed by atoms with Crippen LogP contribution in [-0.4, -0.2) is 37.1 Å². The van der Waals surface area contributed by atoms with Gasteiger partial charge in [0, 0.05) is 19.8 Å². The highest BCUT2D eigenvalue weighted by Gasteiger charge is 2.19. The maximum atomic E-state index is 13.2. The van der Waals surface area contributed by atoms with Gasteiger partial charge in [0.1, 0.15) is 5.75 Å². The number of ketones is 1. The Bertz CT molecular complexity index is 1320. The smallest absolute Gasteiger partial charge is 0.344 e. The molecule has 0 unspecified atom stereocenters. The molecule has 162 valence electrons. The summed E-state index contributed by atoms with van der Waals surface area (Å²) in [5.74, 6) is -0.273. The number of carboxylic acids is 1. The van der Waals surface area contributed by atoms with Crippen molar-refractivity contribution in [3.05, 3.63) is 90.0 Å². The third kappa shape index (κ3) is 4.32. The minimum absolute atomic E-state index is 0.139. The van der Waals surface area contributed by atoms with E-state index in [2.05, 4.69) is 4.98 Å². The highest BCUT2D eigenvalue weighted by atomic mass is 16.5. The Kier molecular flexibility index (Phi) is 5.89. The van der Waals surface area contributed by atoms with Crippen molar-refractivity contribution >= 4 is 28.9 Å². The van der Waals surface area contributed by atoms with E-state index in [1.165, 1.54) is 6.92 Å². The van der Waals surface area contributed by atoms with Gasteiger partial charge in [-0.15, -0.1) is 0 Å². The third-order valence-electron chi connectivity index (χ3n) is 5.18. The fourth-order valence-electron chi connectivity index (χ4n) is 3.49. The Hall–Kier alpha value is -4.13. The monoisotopic (exact) mass is 429 g/mol. The molecule has 0 bridgehead atoms. The molecule has 4 rings (SSSR count). The molecular formula is C25H23N3O4. The van der Waals surface area contributed by atoms with Crippen molar-refractivity contribution in [2.75, 3.05) is 0 Å². The third-order valence-corrected chi connectivity index (χ3v) is 5.18. The zero-order valence-electron chi connectivity index (χ0n) is 17.8. The van der Waals surface area contributed by atoms with Gasteiger partial charge >= 0.3 is 5.97 Å². The number of nitrogens with zero attached hydrogens (tertiary/aromatic N) is 3. The van der Waals surface area contributed by atoms with Crippen LogP contribution in [0.2, 0.25) is 0 Å². The number of carbonyl (C=O) groups is 2. The predicted octanol–water partition coefficient (Wildman–Crippen LogP) is 4.17. The van der Waals surface area contributed by atoms with Crippen LogP contribution in [0.4, 0.5) is 0 Å². The maximum absolute atomic E-state index is 13.2. The van der Waals surface area contributed by atoms with E-state index in [-0.39, 0.29) is 5.78 Å². The molecule has 0 saturated carbocycles. The number of ether oxygens (including phenoxy) is 1. The lowest BCUT2D eigenvalue weighted by Gasteiger charge is -2.10. The van der Waals surface area contributed by atoms with Crippen LogP contribution in [0.25, 0.3) is 17.1 Å². The summed E-state index contributed by atoms with van der Waals surface area (Å²) in [6.07, 6.45) is 4.77. The van der Waals surface area contributed by atoms with Crippen LogP contribution in [0, 0.1) is 0 Å². The van der Waals surface area contributed by atoms with Crippen molar-refractivity contribution in [1.82, 2.24) is 14.1 Å². The van der Waals surface area contributed by atoms with Gasteiger partial charge in [-0.3, -0.25) is 4.79 Å². The fraction of sp³-hybridized carbons (Fsp3) is 0.160. The number of rotatable bonds is 8. The number of carbonyl (C=O) groups excluding carboxylic acids is 1. The lowest BCUT2D eigenvalue weighted by molar-refractivity contribution is -0.144. The number of hydrogen-bond acceptors (Lipinski definition) is 4. The van der Waals surface area contributed by atoms with Gasteiger partial charge in [0.2, 0.25) is 5.78 Å². The summed E-state index contributed by atoms with van der Waals surface area (Å²) in [5.41, 5.74) is 3.12. The Labute approximate surface area is 185 Å². The summed E-state index contributed by atoms with van der Waals surface area (Å²) in [7, 11) is 1.84. The molecule has 0 saturated heterocycles. The molecule has 2 aromatic heterocycles. The van der Waals surface area contributed by atoms with E-state index >= 15 is 0 Å². The molecule has 0 radical (unpaired) electrons. The summed E-state index contributed by atoms with van der Waals surface area (Å²) < 4.78 is 9.09. The average molecular weight is 429 g/mol. The Balaban J connectivity index is 1.50. The maximum Gasteiger partial charge on any atom is 0.344 e. The normalized spacial score (nSPS) is 12.3. The molecule has 0 amide bonds. The first-order valence-corrected chi connectivity index (χ1v) is 10.2. The van der Waals surface area contributed by atoms with Gasteiger partial charge in [-0.1, -0.05) is 36.4 Å². The van der Waals surface area contributed by atoms with Gasteiger partial charge in [-0.2, -0.15) is 0 Å². The second-order valence-electron chi connectivity index (χ2n) is 7.43. The molecular weight excluding hydrogens is 406 g/mol. The van der Waals surface area contributed by atoms with Crippen molar-refractivity contribution in [1.29, 1.82) is 0 Å². The average Bonchev–Trinajstić information content (AvgIpc) is 3.38. The first-order valence-electron chi connectivity index (χ1n) is 10.2. The molecule has 2 heterocycles. The van der Waals surface area contributed by atoms with Gasteiger partial charge in [0.15, 0.2) is 11.9 Å². The number of imidazole rings is 1. The lowest BCUT2D eigenvalue weighted by atomic mass is 10.2. The molecule has 2 aromatic carbocycles. The Morgan fingerprint density at radius 3 is 2.72 bits per heavy atom. The number of fused-ring (bicyclic) bond motifs is 1. The van der Waals surface area contributed by atoms with Gasteiger partial charge in [-0.05, 0) is 48.9 Å². The van der Waals surface area contributed by atoms with Crippen LogP contribution < -0.4 is 4.74 Å². The van der Waals surface area contributed by atoms with Gasteiger partial charge in [-0.25, -0.2) is 9.78 Å². The molecule has 32 heavy (non-hydrogen) atoms. The van der Waals surface area contributed by atoms with E-state index in [1.807, 2.05) is 70.9 Å². The second-order valence-corrected chi connectivity index (χ2v) is 7.43. The molecule has 0 spiro atoms. The first kappa shape index (κ1) is 21.1. The predicted molar refractivity (Wildman–Crippen MR) is 122 cm³/mol. The number of benzene rings is 2. The number of allylic oxidation sites excluding steroid dienone is 1. The minimum atomic E-state index is -1.02. The van der Waals surface area contributed by atoms with Gasteiger partial charge < -0.3 is 19.0 Å².